The summed E-state index contributed by atoms with van der Waals surface area (Å²) in [4.78, 5) is 21.2. The summed E-state index contributed by atoms with van der Waals surface area (Å²) in [6, 6.07) is 42.3. The highest BCUT2D eigenvalue weighted by molar-refractivity contribution is 8.12. The molecule has 4 aromatic carbocycles. The SMILES string of the molecule is CCCCN1C(c2ccccc2)=C(c2ccccc2)S/C1=C\C(=O)/C=C1\SC(c2ccccc2)=C(c2ccccc2)N1CCCC. The quantitative estimate of drug-likeness (QED) is 0.143. The second kappa shape index (κ2) is 15.4. The molecule has 5 heteroatoms. The van der Waals surface area contributed by atoms with E-state index in [2.05, 4.69) is 145 Å². The van der Waals surface area contributed by atoms with Gasteiger partial charge in [-0.05, 0) is 35.1 Å². The van der Waals surface area contributed by atoms with Crippen LogP contribution in [-0.2, 0) is 4.79 Å². The molecule has 0 unspecified atom stereocenters. The van der Waals surface area contributed by atoms with Crippen LogP contribution >= 0.6 is 23.5 Å². The van der Waals surface area contributed by atoms with Crippen LogP contribution in [0.3, 0.4) is 0 Å². The lowest BCUT2D eigenvalue weighted by molar-refractivity contribution is -0.110. The zero-order chi connectivity index (χ0) is 31.7. The average Bonchev–Trinajstić information content (AvgIpc) is 3.65. The fraction of sp³-hybridized carbons (Fsp3) is 0.195. The first kappa shape index (κ1) is 31.8. The molecule has 2 aliphatic rings. The van der Waals surface area contributed by atoms with E-state index >= 15 is 0 Å². The molecule has 2 heterocycles. The number of carbonyl (C=O) groups is 1. The van der Waals surface area contributed by atoms with Gasteiger partial charge in [-0.1, -0.05) is 172 Å². The number of rotatable bonds is 12. The molecule has 0 aliphatic carbocycles. The van der Waals surface area contributed by atoms with Crippen LogP contribution in [0.5, 0.6) is 0 Å². The van der Waals surface area contributed by atoms with Crippen molar-refractivity contribution < 1.29 is 4.79 Å². The molecule has 0 spiro atoms. The van der Waals surface area contributed by atoms with Gasteiger partial charge in [0, 0.05) is 35.1 Å². The Bertz CT molecular complexity index is 1630. The molecular weight excluding hydrogens is 601 g/mol. The maximum atomic E-state index is 14.1. The van der Waals surface area contributed by atoms with E-state index in [4.69, 9.17) is 0 Å². The van der Waals surface area contributed by atoms with Gasteiger partial charge in [-0.3, -0.25) is 4.79 Å². The Morgan fingerprint density at radius 1 is 0.522 bits per heavy atom. The number of nitrogens with zero attached hydrogens (tertiary/aromatic N) is 2. The molecule has 232 valence electrons. The topological polar surface area (TPSA) is 23.6 Å². The van der Waals surface area contributed by atoms with Crippen LogP contribution in [0.1, 0.15) is 61.8 Å². The van der Waals surface area contributed by atoms with Gasteiger partial charge in [0.2, 0.25) is 0 Å². The second-order valence-corrected chi connectivity index (χ2v) is 13.5. The van der Waals surface area contributed by atoms with Crippen LogP contribution in [0.2, 0.25) is 0 Å². The summed E-state index contributed by atoms with van der Waals surface area (Å²) in [5, 5.41) is 1.96. The first-order chi connectivity index (χ1) is 22.7. The molecule has 0 fully saturated rings. The summed E-state index contributed by atoms with van der Waals surface area (Å²) < 4.78 is 0. The Balaban J connectivity index is 1.39. The lowest BCUT2D eigenvalue weighted by Gasteiger charge is -2.24. The zero-order valence-electron chi connectivity index (χ0n) is 26.6. The van der Waals surface area contributed by atoms with E-state index in [0.717, 1.165) is 48.8 Å². The monoisotopic (exact) mass is 640 g/mol. The summed E-state index contributed by atoms with van der Waals surface area (Å²) in [6.45, 7) is 6.15. The first-order valence-corrected chi connectivity index (χ1v) is 17.9. The van der Waals surface area contributed by atoms with Crippen LogP contribution < -0.4 is 0 Å². The van der Waals surface area contributed by atoms with Crippen molar-refractivity contribution in [1.82, 2.24) is 9.80 Å². The van der Waals surface area contributed by atoms with E-state index in [0.29, 0.717) is 0 Å². The number of carbonyl (C=O) groups excluding carboxylic acids is 1. The van der Waals surface area contributed by atoms with Gasteiger partial charge in [0.25, 0.3) is 0 Å². The Labute approximate surface area is 282 Å². The third-order valence-corrected chi connectivity index (χ3v) is 10.4. The van der Waals surface area contributed by atoms with E-state index < -0.39 is 0 Å². The molecule has 0 aromatic heterocycles. The number of allylic oxidation sites excluding steroid dienone is 2. The third-order valence-electron chi connectivity index (χ3n) is 8.08. The predicted molar refractivity (Wildman–Crippen MR) is 199 cm³/mol. The molecule has 0 saturated heterocycles. The van der Waals surface area contributed by atoms with Crippen molar-refractivity contribution in [2.75, 3.05) is 13.1 Å². The molecule has 0 atom stereocenters. The van der Waals surface area contributed by atoms with Crippen molar-refractivity contribution in [1.29, 1.82) is 0 Å². The van der Waals surface area contributed by atoms with Gasteiger partial charge in [0.15, 0.2) is 5.78 Å². The van der Waals surface area contributed by atoms with Crippen molar-refractivity contribution in [3.63, 3.8) is 0 Å². The Morgan fingerprint density at radius 2 is 0.848 bits per heavy atom. The molecule has 4 aromatic rings. The first-order valence-electron chi connectivity index (χ1n) is 16.3. The number of unbranched alkanes of at least 4 members (excludes halogenated alkanes) is 2. The molecule has 3 nitrogen and oxygen atoms in total. The highest BCUT2D eigenvalue weighted by Gasteiger charge is 2.32. The van der Waals surface area contributed by atoms with Gasteiger partial charge >= 0.3 is 0 Å². The molecule has 46 heavy (non-hydrogen) atoms. The fourth-order valence-electron chi connectivity index (χ4n) is 5.79. The summed E-state index contributed by atoms with van der Waals surface area (Å²) in [6.07, 6.45) is 7.94. The Morgan fingerprint density at radius 3 is 1.17 bits per heavy atom. The average molecular weight is 641 g/mol. The molecule has 0 N–H and O–H groups in total. The van der Waals surface area contributed by atoms with Gasteiger partial charge in [0.05, 0.1) is 21.5 Å². The largest absolute Gasteiger partial charge is 0.334 e. The molecule has 2 aliphatic heterocycles. The number of benzene rings is 4. The van der Waals surface area contributed by atoms with Gasteiger partial charge in [0.1, 0.15) is 0 Å². The van der Waals surface area contributed by atoms with Gasteiger partial charge in [-0.25, -0.2) is 0 Å². The molecule has 0 amide bonds. The van der Waals surface area contributed by atoms with Crippen LogP contribution in [-0.4, -0.2) is 28.7 Å². The predicted octanol–water partition coefficient (Wildman–Crippen LogP) is 11.0. The highest BCUT2D eigenvalue weighted by atomic mass is 32.2. The van der Waals surface area contributed by atoms with Crippen molar-refractivity contribution in [3.8, 4) is 0 Å². The smallest absolute Gasteiger partial charge is 0.183 e. The van der Waals surface area contributed by atoms with Crippen molar-refractivity contribution in [3.05, 3.63) is 166 Å². The Hall–Kier alpha value is -4.19. The molecule has 0 radical (unpaired) electrons. The molecule has 0 bridgehead atoms. The lowest BCUT2D eigenvalue weighted by atomic mass is 10.1. The standard InChI is InChI=1S/C41H40N2OS2/c1-3-5-27-42-36(45-40(33-23-15-9-16-24-33)38(42)31-19-11-7-12-20-31)29-35(44)30-37-43(28-6-4-2)39(32-21-13-8-14-22-32)41(46-37)34-25-17-10-18-26-34/h7-26,29-30H,3-6,27-28H2,1-2H3/b36-29-,37-30-. The summed E-state index contributed by atoms with van der Waals surface area (Å²) in [7, 11) is 0. The van der Waals surface area contributed by atoms with Crippen LogP contribution in [0.4, 0.5) is 0 Å². The van der Waals surface area contributed by atoms with Crippen molar-refractivity contribution in [2.24, 2.45) is 0 Å². The number of thioether (sulfide) groups is 2. The number of ketones is 1. The third kappa shape index (κ3) is 7.11. The number of hydrogen-bond acceptors (Lipinski definition) is 5. The van der Waals surface area contributed by atoms with Crippen LogP contribution in [0.25, 0.3) is 21.2 Å². The van der Waals surface area contributed by atoms with Crippen molar-refractivity contribution in [2.45, 2.75) is 39.5 Å². The minimum absolute atomic E-state index is 0.0106. The molecule has 6 rings (SSSR count). The minimum Gasteiger partial charge on any atom is -0.334 e. The van der Waals surface area contributed by atoms with Gasteiger partial charge < -0.3 is 9.80 Å². The second-order valence-electron chi connectivity index (χ2n) is 11.4. The summed E-state index contributed by atoms with van der Waals surface area (Å²) >= 11 is 3.41. The van der Waals surface area contributed by atoms with Crippen LogP contribution in [0, 0.1) is 0 Å². The minimum atomic E-state index is 0.0106. The van der Waals surface area contributed by atoms with Gasteiger partial charge in [-0.2, -0.15) is 0 Å². The summed E-state index contributed by atoms with van der Waals surface area (Å²) in [5.74, 6) is 0.0106. The van der Waals surface area contributed by atoms with E-state index in [1.165, 1.54) is 43.5 Å². The molecular formula is C41H40N2OS2. The van der Waals surface area contributed by atoms with E-state index in [-0.39, 0.29) is 5.78 Å². The van der Waals surface area contributed by atoms with E-state index in [1.54, 1.807) is 23.5 Å². The maximum absolute atomic E-state index is 14.1. The lowest BCUT2D eigenvalue weighted by Crippen LogP contribution is -2.20. The fourth-order valence-corrected chi connectivity index (χ4v) is 8.31. The highest BCUT2D eigenvalue weighted by Crippen LogP contribution is 2.52. The Kier molecular flexibility index (Phi) is 10.6. The van der Waals surface area contributed by atoms with Gasteiger partial charge in [-0.15, -0.1) is 0 Å². The maximum Gasteiger partial charge on any atom is 0.183 e. The van der Waals surface area contributed by atoms with Crippen LogP contribution in [0.15, 0.2) is 144 Å². The zero-order valence-corrected chi connectivity index (χ0v) is 28.2. The molecule has 0 saturated carbocycles. The van der Waals surface area contributed by atoms with E-state index in [1.807, 2.05) is 12.2 Å². The normalized spacial score (nSPS) is 16.7. The summed E-state index contributed by atoms with van der Waals surface area (Å²) in [5.41, 5.74) is 7.03. The number of hydrogen-bond donors (Lipinski definition) is 0. The van der Waals surface area contributed by atoms with Crippen molar-refractivity contribution >= 4 is 50.5 Å². The van der Waals surface area contributed by atoms with E-state index in [9.17, 15) is 4.79 Å².